The van der Waals surface area contributed by atoms with Gasteiger partial charge in [-0.15, -0.1) is 0 Å². The van der Waals surface area contributed by atoms with Crippen LogP contribution in [0.15, 0.2) is 40.9 Å². The van der Waals surface area contributed by atoms with Gasteiger partial charge in [-0.25, -0.2) is 9.18 Å². The minimum absolute atomic E-state index is 0.0509. The van der Waals surface area contributed by atoms with E-state index in [0.717, 1.165) is 6.07 Å². The van der Waals surface area contributed by atoms with Gasteiger partial charge in [-0.1, -0.05) is 33.6 Å². The molecule has 0 saturated carbocycles. The Bertz CT molecular complexity index is 716. The van der Waals surface area contributed by atoms with Crippen molar-refractivity contribution in [2.45, 2.75) is 0 Å². The third-order valence-electron chi connectivity index (χ3n) is 2.65. The summed E-state index contributed by atoms with van der Waals surface area (Å²) in [7, 11) is 0. The van der Waals surface area contributed by atoms with E-state index in [-0.39, 0.29) is 21.8 Å². The maximum atomic E-state index is 13.7. The quantitative estimate of drug-likeness (QED) is 0.849. The largest absolute Gasteiger partial charge is 0.478 e. The molecule has 0 heterocycles. The number of carboxylic acids is 1. The fourth-order valence-electron chi connectivity index (χ4n) is 1.70. The second kappa shape index (κ2) is 6.24. The summed E-state index contributed by atoms with van der Waals surface area (Å²) in [5, 5.41) is 11.4. The van der Waals surface area contributed by atoms with Gasteiger partial charge in [0.2, 0.25) is 0 Å². The molecule has 108 valence electrons. The van der Waals surface area contributed by atoms with Crippen molar-refractivity contribution in [1.82, 2.24) is 0 Å². The van der Waals surface area contributed by atoms with Crippen LogP contribution >= 0.6 is 27.5 Å². The molecule has 0 spiro atoms. The molecule has 0 aliphatic rings. The Morgan fingerprint density at radius 3 is 2.57 bits per heavy atom. The molecular formula is C14H8BrClFNO3. The average Bonchev–Trinajstić information content (AvgIpc) is 2.40. The molecule has 21 heavy (non-hydrogen) atoms. The summed E-state index contributed by atoms with van der Waals surface area (Å²) >= 11 is 8.94. The van der Waals surface area contributed by atoms with E-state index in [2.05, 4.69) is 21.2 Å². The lowest BCUT2D eigenvalue weighted by molar-refractivity contribution is 0.0698. The lowest BCUT2D eigenvalue weighted by Crippen LogP contribution is -2.16. The van der Waals surface area contributed by atoms with Gasteiger partial charge in [0.15, 0.2) is 0 Å². The van der Waals surface area contributed by atoms with Crippen LogP contribution in [-0.4, -0.2) is 17.0 Å². The number of carbonyl (C=O) groups is 2. The summed E-state index contributed by atoms with van der Waals surface area (Å²) in [6.07, 6.45) is 0. The van der Waals surface area contributed by atoms with Gasteiger partial charge in [-0.3, -0.25) is 4.79 Å². The number of carbonyl (C=O) groups excluding carboxylic acids is 1. The average molecular weight is 373 g/mol. The Kier molecular flexibility index (Phi) is 4.59. The van der Waals surface area contributed by atoms with Crippen molar-refractivity contribution < 1.29 is 19.1 Å². The van der Waals surface area contributed by atoms with Crippen molar-refractivity contribution in [3.05, 3.63) is 62.8 Å². The second-order valence-corrected chi connectivity index (χ2v) is 5.37. The van der Waals surface area contributed by atoms with Gasteiger partial charge in [0, 0.05) is 4.47 Å². The highest BCUT2D eigenvalue weighted by molar-refractivity contribution is 9.10. The number of hydrogen-bond donors (Lipinski definition) is 2. The first-order valence-electron chi connectivity index (χ1n) is 5.68. The molecule has 0 atom stereocenters. The zero-order valence-electron chi connectivity index (χ0n) is 10.4. The number of nitrogens with one attached hydrogen (secondary N) is 1. The maximum absolute atomic E-state index is 13.7. The van der Waals surface area contributed by atoms with E-state index < -0.39 is 17.7 Å². The van der Waals surface area contributed by atoms with Gasteiger partial charge in [-0.05, 0) is 30.3 Å². The Morgan fingerprint density at radius 2 is 1.95 bits per heavy atom. The zero-order valence-corrected chi connectivity index (χ0v) is 12.7. The summed E-state index contributed by atoms with van der Waals surface area (Å²) in [4.78, 5) is 23.2. The fraction of sp³-hybridized carbons (Fsp3) is 0. The number of anilines is 1. The van der Waals surface area contributed by atoms with Crippen LogP contribution in [0.5, 0.6) is 0 Å². The molecule has 2 aromatic carbocycles. The van der Waals surface area contributed by atoms with Crippen LogP contribution in [0.1, 0.15) is 20.7 Å². The number of amides is 1. The SMILES string of the molecule is O=C(O)c1cc(Br)ccc1NC(=O)c1c(F)cccc1Cl. The van der Waals surface area contributed by atoms with Crippen molar-refractivity contribution in [2.75, 3.05) is 5.32 Å². The topological polar surface area (TPSA) is 66.4 Å². The van der Waals surface area contributed by atoms with E-state index in [1.54, 1.807) is 6.07 Å². The monoisotopic (exact) mass is 371 g/mol. The smallest absolute Gasteiger partial charge is 0.337 e. The summed E-state index contributed by atoms with van der Waals surface area (Å²) in [6.45, 7) is 0. The predicted octanol–water partition coefficient (Wildman–Crippen LogP) is 4.19. The van der Waals surface area contributed by atoms with Crippen LogP contribution in [0.4, 0.5) is 10.1 Å². The summed E-state index contributed by atoms with van der Waals surface area (Å²) in [5.41, 5.74) is -0.404. The summed E-state index contributed by atoms with van der Waals surface area (Å²) < 4.78 is 14.2. The molecule has 2 rings (SSSR count). The molecule has 0 bridgehead atoms. The number of aromatic carboxylic acids is 1. The predicted molar refractivity (Wildman–Crippen MR) is 80.5 cm³/mol. The maximum Gasteiger partial charge on any atom is 0.337 e. The Balaban J connectivity index is 2.39. The number of hydrogen-bond acceptors (Lipinski definition) is 2. The summed E-state index contributed by atoms with van der Waals surface area (Å²) in [6, 6.07) is 8.14. The van der Waals surface area contributed by atoms with Crippen molar-refractivity contribution in [1.29, 1.82) is 0 Å². The zero-order chi connectivity index (χ0) is 15.6. The van der Waals surface area contributed by atoms with Crippen LogP contribution in [0.2, 0.25) is 5.02 Å². The fourth-order valence-corrected chi connectivity index (χ4v) is 2.31. The Morgan fingerprint density at radius 1 is 1.24 bits per heavy atom. The minimum Gasteiger partial charge on any atom is -0.478 e. The van der Waals surface area contributed by atoms with E-state index in [1.807, 2.05) is 0 Å². The van der Waals surface area contributed by atoms with E-state index in [4.69, 9.17) is 16.7 Å². The Labute approximate surface area is 132 Å². The highest BCUT2D eigenvalue weighted by Gasteiger charge is 2.18. The molecule has 2 N–H and O–H groups in total. The molecule has 1 amide bonds. The lowest BCUT2D eigenvalue weighted by atomic mass is 10.1. The molecule has 2 aromatic rings. The first-order chi connectivity index (χ1) is 9.90. The van der Waals surface area contributed by atoms with Gasteiger partial charge >= 0.3 is 5.97 Å². The van der Waals surface area contributed by atoms with Crippen molar-refractivity contribution >= 4 is 45.1 Å². The van der Waals surface area contributed by atoms with Crippen molar-refractivity contribution in [2.24, 2.45) is 0 Å². The van der Waals surface area contributed by atoms with Gasteiger partial charge in [-0.2, -0.15) is 0 Å². The van der Waals surface area contributed by atoms with Crippen LogP contribution in [0.25, 0.3) is 0 Å². The van der Waals surface area contributed by atoms with Crippen LogP contribution in [0, 0.1) is 5.82 Å². The van der Waals surface area contributed by atoms with Crippen LogP contribution < -0.4 is 5.32 Å². The molecule has 4 nitrogen and oxygen atoms in total. The van der Waals surface area contributed by atoms with E-state index in [0.29, 0.717) is 4.47 Å². The van der Waals surface area contributed by atoms with Gasteiger partial charge in [0.25, 0.3) is 5.91 Å². The van der Waals surface area contributed by atoms with Crippen LogP contribution in [0.3, 0.4) is 0 Å². The van der Waals surface area contributed by atoms with Gasteiger partial charge < -0.3 is 10.4 Å². The normalized spacial score (nSPS) is 10.2. The Hall–Kier alpha value is -1.92. The van der Waals surface area contributed by atoms with Gasteiger partial charge in [0.05, 0.1) is 21.8 Å². The highest BCUT2D eigenvalue weighted by atomic mass is 79.9. The molecule has 0 unspecified atom stereocenters. The molecule has 0 aromatic heterocycles. The van der Waals surface area contributed by atoms with Crippen LogP contribution in [-0.2, 0) is 0 Å². The van der Waals surface area contributed by atoms with Crippen molar-refractivity contribution in [3.8, 4) is 0 Å². The van der Waals surface area contributed by atoms with E-state index in [1.165, 1.54) is 24.3 Å². The molecule has 0 aliphatic carbocycles. The van der Waals surface area contributed by atoms with E-state index >= 15 is 0 Å². The molecule has 0 aliphatic heterocycles. The minimum atomic E-state index is -1.22. The third kappa shape index (κ3) is 3.40. The first kappa shape index (κ1) is 15.5. The molecule has 7 heteroatoms. The number of benzene rings is 2. The molecular weight excluding hydrogens is 365 g/mol. The second-order valence-electron chi connectivity index (χ2n) is 4.05. The number of carboxylic acid groups (broad SMARTS) is 1. The summed E-state index contributed by atoms with van der Waals surface area (Å²) in [5.74, 6) is -2.82. The van der Waals surface area contributed by atoms with Gasteiger partial charge in [0.1, 0.15) is 5.82 Å². The third-order valence-corrected chi connectivity index (χ3v) is 3.46. The standard InChI is InChI=1S/C14H8BrClFNO3/c15-7-4-5-11(8(6-7)14(20)21)18-13(19)12-9(16)2-1-3-10(12)17/h1-6H,(H,18,19)(H,20,21). The number of rotatable bonds is 3. The highest BCUT2D eigenvalue weighted by Crippen LogP contribution is 2.24. The lowest BCUT2D eigenvalue weighted by Gasteiger charge is -2.10. The number of halogens is 3. The molecule has 0 fully saturated rings. The molecule has 0 radical (unpaired) electrons. The molecule has 0 saturated heterocycles. The van der Waals surface area contributed by atoms with E-state index in [9.17, 15) is 14.0 Å². The van der Waals surface area contributed by atoms with Crippen molar-refractivity contribution in [3.63, 3.8) is 0 Å². The first-order valence-corrected chi connectivity index (χ1v) is 6.85.